The number of nitrogens with zero attached hydrogens (tertiary/aromatic N) is 4. The van der Waals surface area contributed by atoms with Crippen LogP contribution in [0.4, 0.5) is 0 Å². The van der Waals surface area contributed by atoms with Crippen molar-refractivity contribution in [1.29, 1.82) is 0 Å². The molecule has 4 rings (SSSR count). The second-order valence-corrected chi connectivity index (χ2v) is 7.81. The van der Waals surface area contributed by atoms with Gasteiger partial charge in [-0.25, -0.2) is 14.6 Å². The standard InChI is InChI=1S/C25H27ClN4O2/c1-3-15-31-20-9-5-18(6-10-20)23-24(19-7-11-21(12-8-19)32-16-4-2)29-25-22(28-23)17-27-30(25)14-13-26/h5-12,17H,3-4,13-16H2,1-2H3. The predicted octanol–water partition coefficient (Wildman–Crippen LogP) is 5.98. The van der Waals surface area contributed by atoms with Gasteiger partial charge in [-0.2, -0.15) is 5.10 Å². The van der Waals surface area contributed by atoms with Crippen molar-refractivity contribution in [2.24, 2.45) is 0 Å². The molecule has 0 radical (unpaired) electrons. The highest BCUT2D eigenvalue weighted by Gasteiger charge is 2.16. The molecule has 2 aromatic heterocycles. The molecule has 0 saturated carbocycles. The lowest BCUT2D eigenvalue weighted by Crippen LogP contribution is -2.04. The molecule has 4 aromatic rings. The van der Waals surface area contributed by atoms with E-state index in [1.807, 2.05) is 48.5 Å². The van der Waals surface area contributed by atoms with Crippen molar-refractivity contribution in [1.82, 2.24) is 19.7 Å². The Morgan fingerprint density at radius 2 is 1.31 bits per heavy atom. The van der Waals surface area contributed by atoms with Crippen LogP contribution in [0, 0.1) is 0 Å². The van der Waals surface area contributed by atoms with Crippen molar-refractivity contribution < 1.29 is 9.47 Å². The molecule has 0 N–H and O–H groups in total. The molecule has 0 amide bonds. The highest BCUT2D eigenvalue weighted by Crippen LogP contribution is 2.32. The van der Waals surface area contributed by atoms with E-state index in [9.17, 15) is 0 Å². The van der Waals surface area contributed by atoms with Gasteiger partial charge in [-0.15, -0.1) is 11.6 Å². The molecule has 166 valence electrons. The summed E-state index contributed by atoms with van der Waals surface area (Å²) in [6, 6.07) is 16.0. The fourth-order valence-electron chi connectivity index (χ4n) is 3.40. The van der Waals surface area contributed by atoms with E-state index in [1.165, 1.54) is 0 Å². The van der Waals surface area contributed by atoms with E-state index in [0.717, 1.165) is 58.0 Å². The van der Waals surface area contributed by atoms with Crippen LogP contribution in [0.3, 0.4) is 0 Å². The largest absolute Gasteiger partial charge is 0.494 e. The van der Waals surface area contributed by atoms with Crippen LogP contribution in [0.15, 0.2) is 54.7 Å². The minimum atomic E-state index is 0.457. The normalized spacial score (nSPS) is 11.1. The third kappa shape index (κ3) is 4.86. The molecule has 0 atom stereocenters. The Hall–Kier alpha value is -3.12. The summed E-state index contributed by atoms with van der Waals surface area (Å²) in [5, 5.41) is 4.42. The Balaban J connectivity index is 1.78. The zero-order chi connectivity index (χ0) is 22.3. The van der Waals surface area contributed by atoms with Crippen LogP contribution in [0.1, 0.15) is 26.7 Å². The van der Waals surface area contributed by atoms with Crippen molar-refractivity contribution in [3.05, 3.63) is 54.7 Å². The fraction of sp³-hybridized carbons (Fsp3) is 0.320. The van der Waals surface area contributed by atoms with Gasteiger partial charge in [-0.1, -0.05) is 13.8 Å². The van der Waals surface area contributed by atoms with Gasteiger partial charge in [-0.05, 0) is 61.4 Å². The smallest absolute Gasteiger partial charge is 0.177 e. The third-order valence-corrected chi connectivity index (χ3v) is 5.13. The summed E-state index contributed by atoms with van der Waals surface area (Å²) >= 11 is 5.95. The Labute approximate surface area is 193 Å². The van der Waals surface area contributed by atoms with Gasteiger partial charge in [0.2, 0.25) is 0 Å². The van der Waals surface area contributed by atoms with Crippen LogP contribution in [0.2, 0.25) is 0 Å². The van der Waals surface area contributed by atoms with E-state index in [1.54, 1.807) is 10.9 Å². The van der Waals surface area contributed by atoms with E-state index in [4.69, 9.17) is 31.0 Å². The number of rotatable bonds is 10. The number of hydrogen-bond acceptors (Lipinski definition) is 5. The average molecular weight is 451 g/mol. The molecule has 0 aliphatic carbocycles. The third-order valence-electron chi connectivity index (χ3n) is 4.96. The van der Waals surface area contributed by atoms with Crippen LogP contribution in [0.25, 0.3) is 33.7 Å². The van der Waals surface area contributed by atoms with Gasteiger partial charge in [0.05, 0.1) is 37.3 Å². The lowest BCUT2D eigenvalue weighted by Gasteiger charge is -2.12. The first-order valence-corrected chi connectivity index (χ1v) is 11.5. The maximum absolute atomic E-state index is 5.95. The van der Waals surface area contributed by atoms with Crippen molar-refractivity contribution >= 4 is 22.8 Å². The van der Waals surface area contributed by atoms with Crippen LogP contribution in [-0.4, -0.2) is 38.8 Å². The van der Waals surface area contributed by atoms with E-state index < -0.39 is 0 Å². The number of aryl methyl sites for hydroxylation is 1. The number of ether oxygens (including phenoxy) is 2. The molecule has 0 bridgehead atoms. The van der Waals surface area contributed by atoms with Gasteiger partial charge < -0.3 is 9.47 Å². The summed E-state index contributed by atoms with van der Waals surface area (Å²) in [6.45, 7) is 6.15. The minimum Gasteiger partial charge on any atom is -0.494 e. The molecular formula is C25H27ClN4O2. The molecule has 32 heavy (non-hydrogen) atoms. The first kappa shape index (κ1) is 22.1. The molecule has 2 aromatic carbocycles. The van der Waals surface area contributed by atoms with Gasteiger partial charge in [0.15, 0.2) is 5.65 Å². The van der Waals surface area contributed by atoms with Gasteiger partial charge in [0, 0.05) is 17.0 Å². The van der Waals surface area contributed by atoms with Crippen molar-refractivity contribution in [3.8, 4) is 34.0 Å². The molecular weight excluding hydrogens is 424 g/mol. The topological polar surface area (TPSA) is 62.1 Å². The second-order valence-electron chi connectivity index (χ2n) is 7.43. The lowest BCUT2D eigenvalue weighted by molar-refractivity contribution is 0.317. The van der Waals surface area contributed by atoms with Gasteiger partial charge in [0.25, 0.3) is 0 Å². The van der Waals surface area contributed by atoms with Crippen LogP contribution in [-0.2, 0) is 6.54 Å². The summed E-state index contributed by atoms with van der Waals surface area (Å²) in [7, 11) is 0. The fourth-order valence-corrected chi connectivity index (χ4v) is 3.56. The number of hydrogen-bond donors (Lipinski definition) is 0. The lowest BCUT2D eigenvalue weighted by atomic mass is 10.0. The van der Waals surface area contributed by atoms with E-state index in [0.29, 0.717) is 25.6 Å². The molecule has 0 fully saturated rings. The number of aromatic nitrogens is 4. The van der Waals surface area contributed by atoms with Crippen LogP contribution in [0.5, 0.6) is 11.5 Å². The predicted molar refractivity (Wildman–Crippen MR) is 128 cm³/mol. The van der Waals surface area contributed by atoms with Crippen molar-refractivity contribution in [2.45, 2.75) is 33.2 Å². The number of fused-ring (bicyclic) bond motifs is 1. The maximum Gasteiger partial charge on any atom is 0.177 e. The van der Waals surface area contributed by atoms with Crippen molar-refractivity contribution in [3.63, 3.8) is 0 Å². The maximum atomic E-state index is 5.95. The molecule has 7 heteroatoms. The summed E-state index contributed by atoms with van der Waals surface area (Å²) in [6.07, 6.45) is 3.68. The van der Waals surface area contributed by atoms with Gasteiger partial charge in [0.1, 0.15) is 17.0 Å². The number of alkyl halides is 1. The molecule has 0 aliphatic heterocycles. The summed E-state index contributed by atoms with van der Waals surface area (Å²) in [5.74, 6) is 2.15. The highest BCUT2D eigenvalue weighted by atomic mass is 35.5. The Bertz CT molecular complexity index is 1160. The number of benzene rings is 2. The molecule has 0 aliphatic rings. The first-order valence-electron chi connectivity index (χ1n) is 11.0. The molecule has 6 nitrogen and oxygen atoms in total. The van der Waals surface area contributed by atoms with Gasteiger partial charge in [-0.3, -0.25) is 0 Å². The molecule has 0 saturated heterocycles. The van der Waals surface area contributed by atoms with Crippen molar-refractivity contribution in [2.75, 3.05) is 19.1 Å². The zero-order valence-corrected chi connectivity index (χ0v) is 19.2. The molecule has 2 heterocycles. The molecule has 0 unspecified atom stereocenters. The summed E-state index contributed by atoms with van der Waals surface area (Å²) < 4.78 is 13.3. The van der Waals surface area contributed by atoms with E-state index >= 15 is 0 Å². The van der Waals surface area contributed by atoms with Gasteiger partial charge >= 0.3 is 0 Å². The summed E-state index contributed by atoms with van der Waals surface area (Å²) in [4.78, 5) is 9.90. The molecule has 0 spiro atoms. The van der Waals surface area contributed by atoms with E-state index in [-0.39, 0.29) is 0 Å². The Morgan fingerprint density at radius 3 is 1.81 bits per heavy atom. The minimum absolute atomic E-state index is 0.457. The highest BCUT2D eigenvalue weighted by molar-refractivity contribution is 6.17. The first-order chi connectivity index (χ1) is 15.7. The Kier molecular flexibility index (Phi) is 7.22. The van der Waals surface area contributed by atoms with Crippen LogP contribution >= 0.6 is 11.6 Å². The summed E-state index contributed by atoms with van der Waals surface area (Å²) in [5.41, 5.74) is 4.98. The van der Waals surface area contributed by atoms with E-state index in [2.05, 4.69) is 18.9 Å². The average Bonchev–Trinajstić information content (AvgIpc) is 3.23. The monoisotopic (exact) mass is 450 g/mol. The second kappa shape index (κ2) is 10.5. The SMILES string of the molecule is CCCOc1ccc(-c2nc3cnn(CCCl)c3nc2-c2ccc(OCCC)cc2)cc1. The zero-order valence-electron chi connectivity index (χ0n) is 18.4. The Morgan fingerprint density at radius 1 is 0.781 bits per heavy atom. The van der Waals surface area contributed by atoms with Crippen LogP contribution < -0.4 is 9.47 Å². The quantitative estimate of drug-likeness (QED) is 0.278. The number of halogens is 1.